The van der Waals surface area contributed by atoms with Crippen molar-refractivity contribution < 1.29 is 22.6 Å². The summed E-state index contributed by atoms with van der Waals surface area (Å²) in [6, 6.07) is 5.16. The molecule has 0 radical (unpaired) electrons. The van der Waals surface area contributed by atoms with Gasteiger partial charge < -0.3 is 20.1 Å². The lowest BCUT2D eigenvalue weighted by molar-refractivity contribution is -0.138. The molecule has 25 heavy (non-hydrogen) atoms. The van der Waals surface area contributed by atoms with Crippen LogP contribution in [-0.2, 0) is 10.9 Å². The smallest absolute Gasteiger partial charge is 0.419 e. The lowest BCUT2D eigenvalue weighted by Crippen LogP contribution is -2.39. The van der Waals surface area contributed by atoms with Crippen LogP contribution in [0.1, 0.15) is 19.4 Å². The van der Waals surface area contributed by atoms with Crippen LogP contribution in [0.15, 0.2) is 29.3 Å². The third-order valence-corrected chi connectivity index (χ3v) is 2.90. The number of rotatable bonds is 9. The zero-order chi connectivity index (χ0) is 17.8. The van der Waals surface area contributed by atoms with Gasteiger partial charge in [0, 0.05) is 13.2 Å². The molecule has 0 bridgehead atoms. The van der Waals surface area contributed by atoms with Gasteiger partial charge in [0.05, 0.1) is 25.3 Å². The molecule has 0 aliphatic rings. The third-order valence-electron chi connectivity index (χ3n) is 2.90. The standard InChI is InChI=1S/C16H24F3N3O2.HI/c1-3-20-15(21-9-11-23-4-2)22-10-12-24-14-8-6-5-7-13(14)16(17,18)19;/h5-8H,3-4,9-12H2,1-2H3,(H2,20,21,22);1H. The average Bonchev–Trinajstić information content (AvgIpc) is 2.55. The second-order valence-corrected chi connectivity index (χ2v) is 4.73. The molecule has 0 fully saturated rings. The summed E-state index contributed by atoms with van der Waals surface area (Å²) in [6.45, 7) is 6.57. The van der Waals surface area contributed by atoms with E-state index in [0.717, 1.165) is 6.07 Å². The Kier molecular flexibility index (Phi) is 12.4. The highest BCUT2D eigenvalue weighted by Crippen LogP contribution is 2.35. The molecule has 0 unspecified atom stereocenters. The van der Waals surface area contributed by atoms with Crippen LogP contribution in [0.5, 0.6) is 5.75 Å². The first-order valence-corrected chi connectivity index (χ1v) is 7.88. The Balaban J connectivity index is 0.00000576. The summed E-state index contributed by atoms with van der Waals surface area (Å²) in [5, 5.41) is 6.04. The third kappa shape index (κ3) is 9.73. The van der Waals surface area contributed by atoms with Crippen molar-refractivity contribution in [3.05, 3.63) is 29.8 Å². The van der Waals surface area contributed by atoms with Crippen molar-refractivity contribution in [1.29, 1.82) is 0 Å². The summed E-state index contributed by atoms with van der Waals surface area (Å²) >= 11 is 0. The molecule has 0 saturated heterocycles. The highest BCUT2D eigenvalue weighted by molar-refractivity contribution is 14.0. The molecule has 5 nitrogen and oxygen atoms in total. The summed E-state index contributed by atoms with van der Waals surface area (Å²) in [6.07, 6.45) is -4.43. The first-order chi connectivity index (χ1) is 11.5. The Morgan fingerprint density at radius 3 is 2.48 bits per heavy atom. The van der Waals surface area contributed by atoms with Gasteiger partial charge in [-0.05, 0) is 26.0 Å². The number of ether oxygens (including phenoxy) is 2. The van der Waals surface area contributed by atoms with Crippen LogP contribution in [0, 0.1) is 0 Å². The molecule has 0 atom stereocenters. The van der Waals surface area contributed by atoms with E-state index in [4.69, 9.17) is 9.47 Å². The van der Waals surface area contributed by atoms with Crippen molar-refractivity contribution in [3.63, 3.8) is 0 Å². The van der Waals surface area contributed by atoms with E-state index in [1.54, 1.807) is 0 Å². The van der Waals surface area contributed by atoms with Gasteiger partial charge in [0.1, 0.15) is 12.4 Å². The molecule has 0 spiro atoms. The van der Waals surface area contributed by atoms with Gasteiger partial charge in [-0.25, -0.2) is 0 Å². The van der Waals surface area contributed by atoms with E-state index in [9.17, 15) is 13.2 Å². The Morgan fingerprint density at radius 2 is 1.84 bits per heavy atom. The average molecular weight is 475 g/mol. The Labute approximate surface area is 163 Å². The number of nitrogens with one attached hydrogen (secondary N) is 2. The van der Waals surface area contributed by atoms with E-state index in [0.29, 0.717) is 38.8 Å². The minimum atomic E-state index is -4.43. The van der Waals surface area contributed by atoms with E-state index >= 15 is 0 Å². The molecule has 1 aromatic rings. The second-order valence-electron chi connectivity index (χ2n) is 4.73. The summed E-state index contributed by atoms with van der Waals surface area (Å²) in [5.41, 5.74) is -0.776. The molecule has 0 saturated carbocycles. The number of hydrogen-bond donors (Lipinski definition) is 2. The topological polar surface area (TPSA) is 54.9 Å². The van der Waals surface area contributed by atoms with Crippen LogP contribution < -0.4 is 15.4 Å². The van der Waals surface area contributed by atoms with Crippen LogP contribution >= 0.6 is 24.0 Å². The predicted molar refractivity (Wildman–Crippen MR) is 103 cm³/mol. The van der Waals surface area contributed by atoms with Gasteiger partial charge in [-0.2, -0.15) is 13.2 Å². The van der Waals surface area contributed by atoms with Gasteiger partial charge >= 0.3 is 6.18 Å². The zero-order valence-electron chi connectivity index (χ0n) is 14.4. The van der Waals surface area contributed by atoms with Crippen molar-refractivity contribution >= 4 is 29.9 Å². The van der Waals surface area contributed by atoms with Crippen molar-refractivity contribution in [2.75, 3.05) is 39.5 Å². The number of nitrogens with zero attached hydrogens (tertiary/aromatic N) is 1. The molecule has 0 heterocycles. The maximum Gasteiger partial charge on any atom is 0.419 e. The van der Waals surface area contributed by atoms with Gasteiger partial charge in [0.2, 0.25) is 0 Å². The molecule has 0 aromatic heterocycles. The first kappa shape index (κ1) is 23.8. The molecular formula is C16H25F3IN3O2. The van der Waals surface area contributed by atoms with Gasteiger partial charge in [-0.3, -0.25) is 4.99 Å². The van der Waals surface area contributed by atoms with Crippen molar-refractivity contribution in [1.82, 2.24) is 10.6 Å². The maximum absolute atomic E-state index is 12.9. The van der Waals surface area contributed by atoms with E-state index in [1.807, 2.05) is 13.8 Å². The maximum atomic E-state index is 12.9. The van der Waals surface area contributed by atoms with Gasteiger partial charge in [-0.1, -0.05) is 12.1 Å². The molecule has 9 heteroatoms. The molecule has 0 aliphatic heterocycles. The normalized spacial score (nSPS) is 11.6. The molecule has 1 rings (SSSR count). The van der Waals surface area contributed by atoms with Crippen LogP contribution in [-0.4, -0.2) is 45.4 Å². The molecular weight excluding hydrogens is 450 g/mol. The monoisotopic (exact) mass is 475 g/mol. The summed E-state index contributed by atoms with van der Waals surface area (Å²) in [4.78, 5) is 4.29. The first-order valence-electron chi connectivity index (χ1n) is 7.88. The number of guanidine groups is 1. The summed E-state index contributed by atoms with van der Waals surface area (Å²) in [7, 11) is 0. The highest BCUT2D eigenvalue weighted by Gasteiger charge is 2.33. The number of alkyl halides is 3. The van der Waals surface area contributed by atoms with Gasteiger partial charge in [0.25, 0.3) is 0 Å². The predicted octanol–water partition coefficient (Wildman–Crippen LogP) is 3.29. The van der Waals surface area contributed by atoms with Gasteiger partial charge in [-0.15, -0.1) is 24.0 Å². The molecule has 1 aromatic carbocycles. The highest BCUT2D eigenvalue weighted by atomic mass is 127. The molecule has 0 aliphatic carbocycles. The molecule has 144 valence electrons. The number of hydrogen-bond acceptors (Lipinski definition) is 3. The number of aliphatic imine (C=N–C) groups is 1. The van der Waals surface area contributed by atoms with Crippen molar-refractivity contribution in [2.45, 2.75) is 20.0 Å². The fourth-order valence-corrected chi connectivity index (χ4v) is 1.87. The zero-order valence-corrected chi connectivity index (χ0v) is 16.7. The second kappa shape index (κ2) is 13.0. The fraction of sp³-hybridized carbons (Fsp3) is 0.562. The minimum Gasteiger partial charge on any atom is -0.491 e. The summed E-state index contributed by atoms with van der Waals surface area (Å²) in [5.74, 6) is 0.398. The number of halogens is 4. The summed E-state index contributed by atoms with van der Waals surface area (Å²) < 4.78 is 49.0. The Morgan fingerprint density at radius 1 is 1.12 bits per heavy atom. The van der Waals surface area contributed by atoms with E-state index < -0.39 is 11.7 Å². The van der Waals surface area contributed by atoms with Gasteiger partial charge in [0.15, 0.2) is 5.96 Å². The van der Waals surface area contributed by atoms with E-state index in [1.165, 1.54) is 18.2 Å². The van der Waals surface area contributed by atoms with Crippen LogP contribution in [0.3, 0.4) is 0 Å². The lowest BCUT2D eigenvalue weighted by atomic mass is 10.2. The molecule has 2 N–H and O–H groups in total. The largest absolute Gasteiger partial charge is 0.491 e. The van der Waals surface area contributed by atoms with Crippen LogP contribution in [0.4, 0.5) is 13.2 Å². The van der Waals surface area contributed by atoms with Crippen molar-refractivity contribution in [3.8, 4) is 5.75 Å². The van der Waals surface area contributed by atoms with E-state index in [2.05, 4.69) is 15.6 Å². The Bertz CT molecular complexity index is 514. The number of benzene rings is 1. The quantitative estimate of drug-likeness (QED) is 0.249. The van der Waals surface area contributed by atoms with E-state index in [-0.39, 0.29) is 36.3 Å². The van der Waals surface area contributed by atoms with Crippen molar-refractivity contribution in [2.24, 2.45) is 4.99 Å². The lowest BCUT2D eigenvalue weighted by Gasteiger charge is -2.15. The Hall–Kier alpha value is -1.23. The van der Waals surface area contributed by atoms with Crippen LogP contribution in [0.25, 0.3) is 0 Å². The van der Waals surface area contributed by atoms with Crippen LogP contribution in [0.2, 0.25) is 0 Å². The SMILES string of the molecule is CCNC(=NCCOCC)NCCOc1ccccc1C(F)(F)F.I. The minimum absolute atomic E-state index is 0. The fourth-order valence-electron chi connectivity index (χ4n) is 1.87. The molecule has 0 amide bonds. The number of para-hydroxylation sites is 1.